The largest absolute Gasteiger partial charge is 0.328 e. The van der Waals surface area contributed by atoms with Crippen LogP contribution in [0.5, 0.6) is 0 Å². The second kappa shape index (κ2) is 5.71. The summed E-state index contributed by atoms with van der Waals surface area (Å²) in [4.78, 5) is 0.463. The molecule has 3 rings (SSSR count). The second-order valence-corrected chi connectivity index (χ2v) is 8.41. The minimum atomic E-state index is -3.16. The van der Waals surface area contributed by atoms with Gasteiger partial charge in [-0.05, 0) is 30.9 Å². The molecule has 1 saturated carbocycles. The highest BCUT2D eigenvalue weighted by Crippen LogP contribution is 2.37. The number of nitrogens with one attached hydrogen (secondary N) is 1. The summed E-state index contributed by atoms with van der Waals surface area (Å²) in [5.41, 5.74) is 6.58. The summed E-state index contributed by atoms with van der Waals surface area (Å²) in [6.45, 7) is 0.441. The lowest BCUT2D eigenvalue weighted by atomic mass is 9.83. The molecular weight excluding hydrogens is 284 g/mol. The van der Waals surface area contributed by atoms with Gasteiger partial charge in [-0.1, -0.05) is 37.5 Å². The molecule has 1 aromatic carbocycles. The number of hydrogen-bond acceptors (Lipinski definition) is 4. The first kappa shape index (κ1) is 15.0. The lowest BCUT2D eigenvalue weighted by molar-refractivity contribution is 0.240. The fourth-order valence-corrected chi connectivity index (χ4v) is 5.47. The molecule has 4 nitrogen and oxygen atoms in total. The Bertz CT molecular complexity index is 608. The molecule has 0 amide bonds. The fourth-order valence-electron chi connectivity index (χ4n) is 3.74. The van der Waals surface area contributed by atoms with E-state index in [1.54, 1.807) is 12.1 Å². The molecular formula is C16H24N2O2S. The first-order chi connectivity index (χ1) is 10.1. The first-order valence-corrected chi connectivity index (χ1v) is 9.53. The van der Waals surface area contributed by atoms with Gasteiger partial charge in [0.15, 0.2) is 9.84 Å². The lowest BCUT2D eigenvalue weighted by Crippen LogP contribution is -2.56. The molecule has 1 fully saturated rings. The molecule has 1 aromatic rings. The van der Waals surface area contributed by atoms with E-state index >= 15 is 0 Å². The molecule has 1 heterocycles. The third kappa shape index (κ3) is 2.74. The van der Waals surface area contributed by atoms with E-state index in [9.17, 15) is 8.42 Å². The normalized spacial score (nSPS) is 29.0. The predicted octanol–water partition coefficient (Wildman–Crippen LogP) is 1.94. The van der Waals surface area contributed by atoms with Gasteiger partial charge in [-0.25, -0.2) is 8.42 Å². The van der Waals surface area contributed by atoms with Gasteiger partial charge in [0.05, 0.1) is 16.2 Å². The lowest BCUT2D eigenvalue weighted by Gasteiger charge is -2.42. The van der Waals surface area contributed by atoms with E-state index in [-0.39, 0.29) is 11.3 Å². The third-order valence-electron chi connectivity index (χ3n) is 4.97. The van der Waals surface area contributed by atoms with Gasteiger partial charge in [-0.3, -0.25) is 0 Å². The van der Waals surface area contributed by atoms with Crippen LogP contribution in [0.2, 0.25) is 0 Å². The molecule has 1 aliphatic heterocycles. The van der Waals surface area contributed by atoms with Gasteiger partial charge in [0, 0.05) is 12.6 Å². The van der Waals surface area contributed by atoms with Crippen molar-refractivity contribution in [1.29, 1.82) is 0 Å². The third-order valence-corrected chi connectivity index (χ3v) is 6.74. The Hall–Kier alpha value is -0.910. The molecule has 5 heteroatoms. The molecule has 3 N–H and O–H groups in total. The summed E-state index contributed by atoms with van der Waals surface area (Å²) in [7, 11) is -3.16. The number of benzene rings is 1. The maximum atomic E-state index is 12.3. The van der Waals surface area contributed by atoms with E-state index in [1.165, 1.54) is 19.3 Å². The molecule has 21 heavy (non-hydrogen) atoms. The minimum Gasteiger partial charge on any atom is -0.328 e. The molecule has 0 radical (unpaired) electrons. The van der Waals surface area contributed by atoms with E-state index in [4.69, 9.17) is 5.73 Å². The zero-order valence-corrected chi connectivity index (χ0v) is 13.2. The number of hydrogen-bond donors (Lipinski definition) is 2. The second-order valence-electron chi connectivity index (χ2n) is 6.33. The maximum Gasteiger partial charge on any atom is 0.178 e. The van der Waals surface area contributed by atoms with Gasteiger partial charge in [-0.15, -0.1) is 0 Å². The Morgan fingerprint density at radius 3 is 2.62 bits per heavy atom. The van der Waals surface area contributed by atoms with Crippen LogP contribution in [-0.2, 0) is 15.4 Å². The van der Waals surface area contributed by atoms with Gasteiger partial charge in [0.2, 0.25) is 0 Å². The number of sulfone groups is 1. The Morgan fingerprint density at radius 1 is 1.19 bits per heavy atom. The first-order valence-electron chi connectivity index (χ1n) is 7.87. The Balaban J connectivity index is 1.98. The van der Waals surface area contributed by atoms with Crippen LogP contribution in [0.1, 0.15) is 44.1 Å². The van der Waals surface area contributed by atoms with Crippen molar-refractivity contribution in [2.75, 3.05) is 12.3 Å². The molecule has 0 saturated heterocycles. The molecule has 1 atom stereocenters. The zero-order valence-electron chi connectivity index (χ0n) is 12.3. The van der Waals surface area contributed by atoms with Crippen LogP contribution in [0.4, 0.5) is 0 Å². The SMILES string of the molecule is NCC1(NC2CCCCC2)CCS(=O)(=O)c2ccccc21. The molecule has 1 unspecified atom stereocenters. The van der Waals surface area contributed by atoms with Crippen LogP contribution in [-0.4, -0.2) is 26.8 Å². The zero-order chi connectivity index (χ0) is 14.9. The van der Waals surface area contributed by atoms with Gasteiger partial charge < -0.3 is 11.1 Å². The van der Waals surface area contributed by atoms with Gasteiger partial charge in [-0.2, -0.15) is 0 Å². The van der Waals surface area contributed by atoms with E-state index in [1.807, 2.05) is 12.1 Å². The van der Waals surface area contributed by atoms with Gasteiger partial charge in [0.25, 0.3) is 0 Å². The van der Waals surface area contributed by atoms with Crippen LogP contribution in [0.25, 0.3) is 0 Å². The van der Waals surface area contributed by atoms with Crippen molar-refractivity contribution in [3.8, 4) is 0 Å². The van der Waals surface area contributed by atoms with E-state index < -0.39 is 9.84 Å². The summed E-state index contributed by atoms with van der Waals surface area (Å²) >= 11 is 0. The van der Waals surface area contributed by atoms with Crippen LogP contribution in [0, 0.1) is 0 Å². The highest BCUT2D eigenvalue weighted by Gasteiger charge is 2.42. The van der Waals surface area contributed by atoms with Crippen molar-refractivity contribution in [2.24, 2.45) is 5.73 Å². The van der Waals surface area contributed by atoms with Crippen LogP contribution >= 0.6 is 0 Å². The van der Waals surface area contributed by atoms with Crippen molar-refractivity contribution in [3.63, 3.8) is 0 Å². The highest BCUT2D eigenvalue weighted by molar-refractivity contribution is 7.91. The molecule has 2 aliphatic rings. The Morgan fingerprint density at radius 2 is 1.90 bits per heavy atom. The summed E-state index contributed by atoms with van der Waals surface area (Å²) in [5.74, 6) is 0.181. The van der Waals surface area contributed by atoms with Crippen LogP contribution < -0.4 is 11.1 Å². The number of fused-ring (bicyclic) bond motifs is 1. The van der Waals surface area contributed by atoms with Crippen molar-refractivity contribution in [2.45, 2.75) is 55.0 Å². The van der Waals surface area contributed by atoms with Crippen LogP contribution in [0.3, 0.4) is 0 Å². The maximum absolute atomic E-state index is 12.3. The smallest absolute Gasteiger partial charge is 0.178 e. The molecule has 0 spiro atoms. The quantitative estimate of drug-likeness (QED) is 0.895. The molecule has 0 aromatic heterocycles. The number of rotatable bonds is 3. The fraction of sp³-hybridized carbons (Fsp3) is 0.625. The monoisotopic (exact) mass is 308 g/mol. The van der Waals surface area contributed by atoms with E-state index in [2.05, 4.69) is 5.32 Å². The highest BCUT2D eigenvalue weighted by atomic mass is 32.2. The van der Waals surface area contributed by atoms with Crippen LogP contribution in [0.15, 0.2) is 29.2 Å². The summed E-state index contributed by atoms with van der Waals surface area (Å²) in [5, 5.41) is 3.73. The topological polar surface area (TPSA) is 72.2 Å². The molecule has 116 valence electrons. The van der Waals surface area contributed by atoms with E-state index in [0.717, 1.165) is 18.4 Å². The van der Waals surface area contributed by atoms with Gasteiger partial charge >= 0.3 is 0 Å². The average Bonchev–Trinajstić information content (AvgIpc) is 2.52. The van der Waals surface area contributed by atoms with Crippen molar-refractivity contribution >= 4 is 9.84 Å². The van der Waals surface area contributed by atoms with E-state index in [0.29, 0.717) is 23.9 Å². The minimum absolute atomic E-state index is 0.181. The van der Waals surface area contributed by atoms with Crippen molar-refractivity contribution in [3.05, 3.63) is 29.8 Å². The molecule has 0 bridgehead atoms. The van der Waals surface area contributed by atoms with Crippen molar-refractivity contribution < 1.29 is 8.42 Å². The Labute approximate surface area is 127 Å². The standard InChI is InChI=1S/C16H24N2O2S/c17-12-16(18-13-6-2-1-3-7-13)10-11-21(19,20)15-9-5-4-8-14(15)16/h4-5,8-9,13,18H,1-3,6-7,10-12,17H2. The molecule has 1 aliphatic carbocycles. The van der Waals surface area contributed by atoms with Gasteiger partial charge in [0.1, 0.15) is 0 Å². The average molecular weight is 308 g/mol. The summed E-state index contributed by atoms with van der Waals surface area (Å²) in [6, 6.07) is 7.80. The summed E-state index contributed by atoms with van der Waals surface area (Å²) in [6.07, 6.45) is 6.70. The predicted molar refractivity (Wildman–Crippen MR) is 83.9 cm³/mol. The number of nitrogens with two attached hydrogens (primary N) is 1. The summed E-state index contributed by atoms with van der Waals surface area (Å²) < 4.78 is 24.6. The Kier molecular flexibility index (Phi) is 4.08. The van der Waals surface area contributed by atoms with Crippen molar-refractivity contribution in [1.82, 2.24) is 5.32 Å².